The van der Waals surface area contributed by atoms with Crippen molar-refractivity contribution in [1.82, 2.24) is 0 Å². The Balaban J connectivity index is 2.21. The summed E-state index contributed by atoms with van der Waals surface area (Å²) >= 11 is 2.15. The van der Waals surface area contributed by atoms with E-state index in [0.29, 0.717) is 6.04 Å². The van der Waals surface area contributed by atoms with Crippen LogP contribution in [0.3, 0.4) is 0 Å². The zero-order chi connectivity index (χ0) is 11.8. The summed E-state index contributed by atoms with van der Waals surface area (Å²) in [7, 11) is 0. The molecule has 3 atom stereocenters. The second kappa shape index (κ2) is 8.41. The van der Waals surface area contributed by atoms with Gasteiger partial charge in [0.2, 0.25) is 0 Å². The number of hydrogen-bond acceptors (Lipinski definition) is 2. The highest BCUT2D eigenvalue weighted by Crippen LogP contribution is 2.34. The average Bonchev–Trinajstić information content (AvgIpc) is 2.29. The second-order valence-corrected chi connectivity index (χ2v) is 6.60. The molecule has 1 aliphatic rings. The van der Waals surface area contributed by atoms with Crippen molar-refractivity contribution in [3.8, 4) is 0 Å². The molecule has 96 valence electrons. The van der Waals surface area contributed by atoms with Crippen LogP contribution in [0.4, 0.5) is 0 Å². The molecule has 1 saturated carbocycles. The van der Waals surface area contributed by atoms with Gasteiger partial charge >= 0.3 is 0 Å². The van der Waals surface area contributed by atoms with Crippen LogP contribution in [0, 0.1) is 5.92 Å². The maximum absolute atomic E-state index is 6.23. The molecule has 0 heterocycles. The lowest BCUT2D eigenvalue weighted by molar-refractivity contribution is 0.317. The van der Waals surface area contributed by atoms with Crippen molar-refractivity contribution in [2.75, 3.05) is 5.75 Å². The lowest BCUT2D eigenvalue weighted by Gasteiger charge is -2.33. The maximum Gasteiger partial charge on any atom is 0.0201 e. The number of nitrogens with two attached hydrogens (primary N) is 1. The van der Waals surface area contributed by atoms with Crippen molar-refractivity contribution in [1.29, 1.82) is 0 Å². The van der Waals surface area contributed by atoms with Gasteiger partial charge in [-0.2, -0.15) is 11.8 Å². The van der Waals surface area contributed by atoms with Gasteiger partial charge in [0.15, 0.2) is 0 Å². The molecule has 0 spiro atoms. The first-order valence-corrected chi connectivity index (χ1v) is 8.20. The Morgan fingerprint density at radius 3 is 2.62 bits per heavy atom. The first kappa shape index (κ1) is 14.4. The highest BCUT2D eigenvalue weighted by Gasteiger charge is 2.27. The van der Waals surface area contributed by atoms with Crippen molar-refractivity contribution >= 4 is 11.8 Å². The molecule has 1 fully saturated rings. The summed E-state index contributed by atoms with van der Waals surface area (Å²) in [5.41, 5.74) is 6.23. The van der Waals surface area contributed by atoms with Crippen LogP contribution in [0.2, 0.25) is 0 Å². The predicted octanol–water partition coefficient (Wildman–Crippen LogP) is 4.21. The van der Waals surface area contributed by atoms with Gasteiger partial charge in [0.05, 0.1) is 0 Å². The Bertz CT molecular complexity index is 172. The summed E-state index contributed by atoms with van der Waals surface area (Å²) in [6.07, 6.45) is 10.9. The predicted molar refractivity (Wildman–Crippen MR) is 76.0 cm³/mol. The summed E-state index contributed by atoms with van der Waals surface area (Å²) in [5, 5.41) is 0.752. The molecule has 0 aromatic carbocycles. The van der Waals surface area contributed by atoms with Crippen molar-refractivity contribution in [3.63, 3.8) is 0 Å². The van der Waals surface area contributed by atoms with E-state index in [1.807, 2.05) is 0 Å². The molecule has 1 aliphatic carbocycles. The van der Waals surface area contributed by atoms with Crippen LogP contribution in [0.15, 0.2) is 0 Å². The fraction of sp³-hybridized carbons (Fsp3) is 1.00. The first-order valence-electron chi connectivity index (χ1n) is 7.15. The van der Waals surface area contributed by atoms with Gasteiger partial charge in [0.1, 0.15) is 0 Å². The summed E-state index contributed by atoms with van der Waals surface area (Å²) < 4.78 is 0. The number of thioether (sulfide) groups is 1. The Labute approximate surface area is 106 Å². The van der Waals surface area contributed by atoms with Crippen LogP contribution in [-0.2, 0) is 0 Å². The van der Waals surface area contributed by atoms with E-state index in [1.54, 1.807) is 0 Å². The van der Waals surface area contributed by atoms with Crippen molar-refractivity contribution < 1.29 is 0 Å². The van der Waals surface area contributed by atoms with Gasteiger partial charge in [-0.25, -0.2) is 0 Å². The van der Waals surface area contributed by atoms with Crippen molar-refractivity contribution in [2.24, 2.45) is 11.7 Å². The van der Waals surface area contributed by atoms with E-state index in [2.05, 4.69) is 25.6 Å². The van der Waals surface area contributed by atoms with Gasteiger partial charge in [-0.15, -0.1) is 0 Å². The summed E-state index contributed by atoms with van der Waals surface area (Å²) in [5.74, 6) is 2.29. The second-order valence-electron chi connectivity index (χ2n) is 5.25. The minimum Gasteiger partial charge on any atom is -0.327 e. The number of unbranched alkanes of at least 4 members (excludes halogenated alkanes) is 2. The summed E-state index contributed by atoms with van der Waals surface area (Å²) in [6.45, 7) is 4.58. The highest BCUT2D eigenvalue weighted by molar-refractivity contribution is 7.99. The van der Waals surface area contributed by atoms with E-state index >= 15 is 0 Å². The molecule has 1 nitrogen and oxygen atoms in total. The van der Waals surface area contributed by atoms with Crippen LogP contribution in [0.5, 0.6) is 0 Å². The Hall–Kier alpha value is 0.310. The molecular formula is C14H29NS. The summed E-state index contributed by atoms with van der Waals surface area (Å²) in [6, 6.07) is 0.472. The molecule has 0 amide bonds. The molecule has 2 N–H and O–H groups in total. The molecule has 1 rings (SSSR count). The monoisotopic (exact) mass is 243 g/mol. The lowest BCUT2D eigenvalue weighted by Crippen LogP contribution is -2.38. The van der Waals surface area contributed by atoms with Crippen LogP contribution in [0.1, 0.15) is 65.2 Å². The van der Waals surface area contributed by atoms with Crippen molar-refractivity contribution in [2.45, 2.75) is 76.5 Å². The van der Waals surface area contributed by atoms with Crippen LogP contribution < -0.4 is 5.73 Å². The Kier molecular flexibility index (Phi) is 7.55. The van der Waals surface area contributed by atoms with Crippen LogP contribution in [-0.4, -0.2) is 17.0 Å². The van der Waals surface area contributed by atoms with E-state index in [9.17, 15) is 0 Å². The van der Waals surface area contributed by atoms with E-state index in [-0.39, 0.29) is 0 Å². The molecule has 0 aromatic rings. The third-order valence-corrected chi connectivity index (χ3v) is 5.22. The van der Waals surface area contributed by atoms with Crippen LogP contribution >= 0.6 is 11.8 Å². The first-order chi connectivity index (χ1) is 7.77. The topological polar surface area (TPSA) is 26.0 Å². The van der Waals surface area contributed by atoms with Gasteiger partial charge in [-0.1, -0.05) is 39.5 Å². The van der Waals surface area contributed by atoms with Gasteiger partial charge in [0, 0.05) is 11.3 Å². The highest BCUT2D eigenvalue weighted by atomic mass is 32.2. The molecule has 3 unspecified atom stereocenters. The number of hydrogen-bond donors (Lipinski definition) is 1. The van der Waals surface area contributed by atoms with Crippen LogP contribution in [0.25, 0.3) is 0 Å². The molecular weight excluding hydrogens is 214 g/mol. The third kappa shape index (κ3) is 5.09. The number of rotatable bonds is 7. The Morgan fingerprint density at radius 2 is 1.94 bits per heavy atom. The minimum atomic E-state index is 0.472. The lowest BCUT2D eigenvalue weighted by atomic mass is 9.83. The molecule has 0 aromatic heterocycles. The van der Waals surface area contributed by atoms with Crippen molar-refractivity contribution in [3.05, 3.63) is 0 Å². The molecule has 0 aliphatic heterocycles. The zero-order valence-corrected chi connectivity index (χ0v) is 11.9. The van der Waals surface area contributed by atoms with E-state index in [1.165, 1.54) is 57.1 Å². The third-order valence-electron chi connectivity index (χ3n) is 3.73. The van der Waals surface area contributed by atoms with Gasteiger partial charge in [-0.3, -0.25) is 0 Å². The van der Waals surface area contributed by atoms with Gasteiger partial charge in [0.25, 0.3) is 0 Å². The summed E-state index contributed by atoms with van der Waals surface area (Å²) in [4.78, 5) is 0. The standard InChI is InChI=1S/C14H29NS/c1-3-5-6-10-16-14-11-12(7-4-2)8-9-13(14)15/h12-14H,3-11,15H2,1-2H3. The average molecular weight is 243 g/mol. The van der Waals surface area contributed by atoms with E-state index in [4.69, 9.17) is 5.73 Å². The maximum atomic E-state index is 6.23. The molecule has 0 bridgehead atoms. The van der Waals surface area contributed by atoms with E-state index in [0.717, 1.165) is 11.2 Å². The molecule has 16 heavy (non-hydrogen) atoms. The molecule has 2 heteroatoms. The smallest absolute Gasteiger partial charge is 0.0201 e. The SMILES string of the molecule is CCCCCSC1CC(CCC)CCC1N. The minimum absolute atomic E-state index is 0.472. The fourth-order valence-corrected chi connectivity index (χ4v) is 4.15. The Morgan fingerprint density at radius 1 is 1.12 bits per heavy atom. The van der Waals surface area contributed by atoms with Gasteiger partial charge < -0.3 is 5.73 Å². The quantitative estimate of drug-likeness (QED) is 0.678. The normalized spacial score (nSPS) is 30.6. The van der Waals surface area contributed by atoms with E-state index < -0.39 is 0 Å². The molecule has 0 radical (unpaired) electrons. The van der Waals surface area contributed by atoms with Gasteiger partial charge in [-0.05, 0) is 37.4 Å². The zero-order valence-electron chi connectivity index (χ0n) is 11.1. The molecule has 0 saturated heterocycles. The fourth-order valence-electron chi connectivity index (χ4n) is 2.68. The largest absolute Gasteiger partial charge is 0.327 e.